The minimum atomic E-state index is -0.202. The van der Waals surface area contributed by atoms with Crippen LogP contribution in [-0.2, 0) is 16.2 Å². The number of ether oxygens (including phenoxy) is 1. The first kappa shape index (κ1) is 48.3. The van der Waals surface area contributed by atoms with Gasteiger partial charge in [-0.15, -0.1) is 0 Å². The predicted molar refractivity (Wildman–Crippen MR) is 305 cm³/mol. The smallest absolute Gasteiger partial charge is 0.137 e. The Morgan fingerprint density at radius 3 is 1.82 bits per heavy atom. The van der Waals surface area contributed by atoms with Gasteiger partial charge in [-0.2, -0.15) is 0 Å². The molecule has 0 aliphatic carbocycles. The third kappa shape index (κ3) is 9.22. The number of rotatable bonds is 11. The summed E-state index contributed by atoms with van der Waals surface area (Å²) in [5, 5.41) is 2.33. The van der Waals surface area contributed by atoms with E-state index in [9.17, 15) is 0 Å². The van der Waals surface area contributed by atoms with Crippen molar-refractivity contribution < 1.29 is 4.74 Å². The number of nitrogens with zero attached hydrogens (tertiary/aromatic N) is 4. The Hall–Kier alpha value is -7.37. The van der Waals surface area contributed by atoms with Crippen molar-refractivity contribution >= 4 is 38.9 Å². The first-order valence-electron chi connectivity index (χ1n) is 25.8. The highest BCUT2D eigenvalue weighted by Gasteiger charge is 2.31. The molecule has 9 aromatic rings. The highest BCUT2D eigenvalue weighted by Crippen LogP contribution is 2.45. The second-order valence-electron chi connectivity index (χ2n) is 23.0. The summed E-state index contributed by atoms with van der Waals surface area (Å²) in [6, 6.07) is 62.1. The van der Waals surface area contributed by atoms with Gasteiger partial charge in [-0.05, 0) is 128 Å². The lowest BCUT2D eigenvalue weighted by Crippen LogP contribution is -2.27. The summed E-state index contributed by atoms with van der Waals surface area (Å²) in [5.41, 5.74) is 16.7. The van der Waals surface area contributed by atoms with E-state index in [0.717, 1.165) is 50.6 Å². The van der Waals surface area contributed by atoms with Crippen molar-refractivity contribution in [1.29, 1.82) is 0 Å². The zero-order valence-electron chi connectivity index (χ0n) is 44.4. The van der Waals surface area contributed by atoms with Crippen LogP contribution in [0.2, 0.25) is 0 Å². The molecule has 0 unspecified atom stereocenters. The number of aromatic nitrogens is 2. The fraction of sp³-hybridized carbons (Fsp3) is 0.269. The van der Waals surface area contributed by atoms with Crippen LogP contribution in [0.5, 0.6) is 11.5 Å². The first-order chi connectivity index (χ1) is 34.3. The van der Waals surface area contributed by atoms with E-state index >= 15 is 0 Å². The van der Waals surface area contributed by atoms with Crippen molar-refractivity contribution in [3.63, 3.8) is 0 Å². The summed E-state index contributed by atoms with van der Waals surface area (Å²) < 4.78 is 9.45. The molecule has 0 radical (unpaired) electrons. The van der Waals surface area contributed by atoms with Gasteiger partial charge in [-0.25, -0.2) is 4.98 Å². The van der Waals surface area contributed by atoms with Crippen molar-refractivity contribution in [1.82, 2.24) is 9.55 Å². The lowest BCUT2D eigenvalue weighted by atomic mass is 9.78. The van der Waals surface area contributed by atoms with Gasteiger partial charge in [0.1, 0.15) is 17.3 Å². The molecule has 72 heavy (non-hydrogen) atoms. The number of anilines is 2. The van der Waals surface area contributed by atoms with Crippen LogP contribution in [0.1, 0.15) is 134 Å². The molecule has 7 aromatic carbocycles. The first-order valence-corrected chi connectivity index (χ1v) is 25.8. The molecular weight excluding hydrogens is 877 g/mol. The van der Waals surface area contributed by atoms with Crippen LogP contribution in [0.25, 0.3) is 44.4 Å². The van der Waals surface area contributed by atoms with E-state index in [1.54, 1.807) is 0 Å². The Morgan fingerprint density at radius 2 is 1.14 bits per heavy atom. The summed E-state index contributed by atoms with van der Waals surface area (Å²) in [6.45, 7) is 28.2. The van der Waals surface area contributed by atoms with E-state index in [1.165, 1.54) is 55.7 Å². The molecule has 1 aliphatic heterocycles. The molecule has 0 spiro atoms. The van der Waals surface area contributed by atoms with E-state index in [-0.39, 0.29) is 16.2 Å². The van der Waals surface area contributed by atoms with Gasteiger partial charge >= 0.3 is 0 Å². The van der Waals surface area contributed by atoms with Crippen LogP contribution in [0.4, 0.5) is 11.4 Å². The highest BCUT2D eigenvalue weighted by atomic mass is 16.5. The third-order valence-electron chi connectivity index (χ3n) is 14.9. The van der Waals surface area contributed by atoms with Crippen LogP contribution in [0.15, 0.2) is 182 Å². The van der Waals surface area contributed by atoms with Gasteiger partial charge in [-0.3, -0.25) is 4.57 Å². The Balaban J connectivity index is 1.12. The molecule has 0 saturated heterocycles. The topological polar surface area (TPSA) is 33.5 Å². The van der Waals surface area contributed by atoms with Crippen molar-refractivity contribution in [3.8, 4) is 28.4 Å². The summed E-state index contributed by atoms with van der Waals surface area (Å²) in [7, 11) is 0. The van der Waals surface area contributed by atoms with E-state index < -0.39 is 0 Å². The lowest BCUT2D eigenvalue weighted by Gasteiger charge is -2.29. The van der Waals surface area contributed by atoms with Gasteiger partial charge in [0.2, 0.25) is 0 Å². The summed E-state index contributed by atoms with van der Waals surface area (Å²) in [4.78, 5) is 9.96. The second kappa shape index (κ2) is 18.7. The molecule has 0 saturated carbocycles. The van der Waals surface area contributed by atoms with Gasteiger partial charge in [0.25, 0.3) is 0 Å². The molecule has 0 N–H and O–H groups in total. The van der Waals surface area contributed by atoms with Gasteiger partial charge in [0.05, 0.1) is 23.4 Å². The normalized spacial score (nSPS) is 13.5. The summed E-state index contributed by atoms with van der Waals surface area (Å²) in [5.74, 6) is 3.09. The fourth-order valence-electron chi connectivity index (χ4n) is 10.5. The Bertz CT molecular complexity index is 3450. The number of benzene rings is 7. The number of fused-ring (bicyclic) bond motifs is 3. The van der Waals surface area contributed by atoms with Gasteiger partial charge in [0, 0.05) is 57.7 Å². The Labute approximate surface area is 428 Å². The molecule has 5 heteroatoms. The molecule has 0 fully saturated rings. The van der Waals surface area contributed by atoms with Crippen molar-refractivity contribution in [2.24, 2.45) is 0 Å². The van der Waals surface area contributed by atoms with Crippen LogP contribution in [0.3, 0.4) is 0 Å². The number of pyridine rings is 1. The van der Waals surface area contributed by atoms with Crippen molar-refractivity contribution in [2.75, 3.05) is 16.5 Å². The maximum atomic E-state index is 7.13. The quantitative estimate of drug-likeness (QED) is 0.129. The van der Waals surface area contributed by atoms with Crippen LogP contribution in [0, 0.1) is 0 Å². The minimum Gasteiger partial charge on any atom is -0.457 e. The van der Waals surface area contributed by atoms with E-state index in [2.05, 4.69) is 274 Å². The Kier molecular flexibility index (Phi) is 12.5. The van der Waals surface area contributed by atoms with E-state index in [1.807, 2.05) is 6.20 Å². The van der Waals surface area contributed by atoms with Crippen LogP contribution < -0.4 is 14.5 Å². The maximum absolute atomic E-state index is 7.13. The van der Waals surface area contributed by atoms with Crippen LogP contribution >= 0.6 is 0 Å². The third-order valence-corrected chi connectivity index (χ3v) is 14.9. The summed E-state index contributed by atoms with van der Waals surface area (Å²) in [6.07, 6.45) is 4.32. The SMILES string of the molecule is CC(C)c1cccc(C(C)C)c1C1=CN(c2cc(Oc3ccc4c5cc(C(C)(C)c6ccccc6)ccc5n(-c5cc(C(C)(C)C)ccn5)c4c3)cc(-c3ccccc3)c2)CN1c1cccc(C(C)(C)C)c1. The minimum absolute atomic E-state index is 0.00106. The van der Waals surface area contributed by atoms with Crippen LogP contribution in [-0.4, -0.2) is 16.2 Å². The average Bonchev–Trinajstić information content (AvgIpc) is 3.96. The molecule has 0 bridgehead atoms. The number of hydrogen-bond donors (Lipinski definition) is 0. The van der Waals surface area contributed by atoms with Gasteiger partial charge in [-0.1, -0.05) is 180 Å². The van der Waals surface area contributed by atoms with Gasteiger partial charge < -0.3 is 14.5 Å². The zero-order valence-corrected chi connectivity index (χ0v) is 44.4. The fourth-order valence-corrected chi connectivity index (χ4v) is 10.5. The van der Waals surface area contributed by atoms with Crippen molar-refractivity contribution in [2.45, 2.75) is 111 Å². The Morgan fingerprint density at radius 1 is 0.486 bits per heavy atom. The monoisotopic (exact) mass is 947 g/mol. The molecule has 5 nitrogen and oxygen atoms in total. The highest BCUT2D eigenvalue weighted by molar-refractivity contribution is 6.10. The molecule has 0 amide bonds. The second-order valence-corrected chi connectivity index (χ2v) is 23.0. The largest absolute Gasteiger partial charge is 0.457 e. The maximum Gasteiger partial charge on any atom is 0.137 e. The van der Waals surface area contributed by atoms with Gasteiger partial charge in [0.15, 0.2) is 0 Å². The molecule has 3 heterocycles. The molecule has 1 aliphatic rings. The van der Waals surface area contributed by atoms with Crippen molar-refractivity contribution in [3.05, 3.63) is 221 Å². The van der Waals surface area contributed by atoms with E-state index in [4.69, 9.17) is 9.72 Å². The molecular formula is C67H70N4O. The standard InChI is InChI=1S/C67H70N4O/c1-44(2)56-27-20-28-57(45(3)4)64(56)62-42-69(43-70(62)52-26-19-25-49(37-52)65(5,6)7)53-35-47(46-21-15-13-16-22-46)36-55(40-53)72-54-30-31-58-59-38-51(67(11,12)48-23-17-14-18-24-48)29-32-60(59)71(61(58)41-54)63-39-50(33-34-68-63)66(8,9)10/h13-42,44-45H,43H2,1-12H3. The molecule has 364 valence electrons. The van der Waals surface area contributed by atoms with E-state index in [0.29, 0.717) is 18.5 Å². The lowest BCUT2D eigenvalue weighted by molar-refractivity contribution is 0.483. The molecule has 0 atom stereocenters. The zero-order chi connectivity index (χ0) is 50.7. The molecule has 2 aromatic heterocycles. The number of hydrogen-bond acceptors (Lipinski definition) is 4. The molecule has 10 rings (SSSR count). The predicted octanol–water partition coefficient (Wildman–Crippen LogP) is 18.1. The summed E-state index contributed by atoms with van der Waals surface area (Å²) >= 11 is 0. The average molecular weight is 947 g/mol.